The van der Waals surface area contributed by atoms with Crippen LogP contribution >= 0.6 is 0 Å². The van der Waals surface area contributed by atoms with E-state index in [2.05, 4.69) is 14.7 Å². The summed E-state index contributed by atoms with van der Waals surface area (Å²) in [4.78, 5) is 7.57. The lowest BCUT2D eigenvalue weighted by Crippen LogP contribution is -2.41. The molecule has 0 saturated carbocycles. The molecule has 142 valence electrons. The largest absolute Gasteiger partial charge is 0.495 e. The molecule has 0 unspecified atom stereocenters. The molecule has 2 rings (SSSR count). The second kappa shape index (κ2) is 7.08. The summed E-state index contributed by atoms with van der Waals surface area (Å²) in [5.74, 6) is -0.639. The van der Waals surface area contributed by atoms with Crippen molar-refractivity contribution in [3.63, 3.8) is 0 Å². The quantitative estimate of drug-likeness (QED) is 0.409. The van der Waals surface area contributed by atoms with Crippen LogP contribution in [0, 0.1) is 0 Å². The molecule has 0 radical (unpaired) electrons. The van der Waals surface area contributed by atoms with Crippen molar-refractivity contribution in [1.29, 1.82) is 0 Å². The summed E-state index contributed by atoms with van der Waals surface area (Å²) in [6.07, 6.45) is 0. The van der Waals surface area contributed by atoms with Crippen molar-refractivity contribution in [2.45, 2.75) is 45.5 Å². The lowest BCUT2D eigenvalue weighted by molar-refractivity contribution is -0.0497. The number of rotatable bonds is 4. The minimum atomic E-state index is -3.00. The van der Waals surface area contributed by atoms with Crippen LogP contribution in [-0.4, -0.2) is 36.9 Å². The van der Waals surface area contributed by atoms with Crippen LogP contribution in [-0.2, 0) is 9.31 Å². The molecule has 1 saturated heterocycles. The molecule has 1 aromatic rings. The normalized spacial score (nSPS) is 18.9. The predicted molar refractivity (Wildman–Crippen MR) is 95.9 cm³/mol. The van der Waals surface area contributed by atoms with Gasteiger partial charge in [0.2, 0.25) is 5.96 Å². The molecule has 26 heavy (non-hydrogen) atoms. The summed E-state index contributed by atoms with van der Waals surface area (Å²) in [6, 6.07) is 4.23. The average molecular weight is 369 g/mol. The van der Waals surface area contributed by atoms with E-state index < -0.39 is 24.9 Å². The fraction of sp³-hybridized carbons (Fsp3) is 0.467. The Morgan fingerprint density at radius 2 is 1.65 bits per heavy atom. The monoisotopic (exact) mass is 369 g/mol. The number of halogens is 2. The number of guanidine groups is 2. The molecule has 1 fully saturated rings. The molecule has 0 bridgehead atoms. The van der Waals surface area contributed by atoms with Crippen molar-refractivity contribution in [2.75, 3.05) is 0 Å². The first-order valence-corrected chi connectivity index (χ1v) is 7.79. The molecular formula is C15H22BF2N5O3. The van der Waals surface area contributed by atoms with Crippen molar-refractivity contribution < 1.29 is 22.8 Å². The van der Waals surface area contributed by atoms with Crippen LogP contribution in [0.2, 0.25) is 0 Å². The number of aliphatic imine (C=N–C) groups is 2. The van der Waals surface area contributed by atoms with Gasteiger partial charge >= 0.3 is 13.7 Å². The highest BCUT2D eigenvalue weighted by Gasteiger charge is 2.51. The molecular weight excluding hydrogens is 347 g/mol. The number of ether oxygens (including phenoxy) is 1. The zero-order valence-electron chi connectivity index (χ0n) is 15.0. The van der Waals surface area contributed by atoms with Gasteiger partial charge in [-0.1, -0.05) is 0 Å². The highest BCUT2D eigenvalue weighted by atomic mass is 19.3. The maximum absolute atomic E-state index is 12.6. The average Bonchev–Trinajstić information content (AvgIpc) is 2.65. The SMILES string of the molecule is CC1(C)OB(c2cc(N=C(N)N=C(N)N)cc(OC(F)F)c2)OC1(C)C. The van der Waals surface area contributed by atoms with E-state index >= 15 is 0 Å². The second-order valence-corrected chi connectivity index (χ2v) is 6.73. The van der Waals surface area contributed by atoms with Crippen LogP contribution in [0.4, 0.5) is 14.5 Å². The summed E-state index contributed by atoms with van der Waals surface area (Å²) in [5, 5.41) is 0. The van der Waals surface area contributed by atoms with Gasteiger partial charge in [-0.25, -0.2) is 4.99 Å². The van der Waals surface area contributed by atoms with Crippen LogP contribution in [0.25, 0.3) is 0 Å². The van der Waals surface area contributed by atoms with Crippen molar-refractivity contribution >= 4 is 30.2 Å². The third-order valence-electron chi connectivity index (χ3n) is 4.15. The summed E-state index contributed by atoms with van der Waals surface area (Å²) >= 11 is 0. The first-order chi connectivity index (χ1) is 11.9. The van der Waals surface area contributed by atoms with E-state index in [1.54, 1.807) is 6.07 Å². The van der Waals surface area contributed by atoms with E-state index in [1.807, 2.05) is 27.7 Å². The lowest BCUT2D eigenvalue weighted by atomic mass is 9.79. The van der Waals surface area contributed by atoms with Gasteiger partial charge in [-0.15, -0.1) is 0 Å². The Morgan fingerprint density at radius 3 is 2.15 bits per heavy atom. The van der Waals surface area contributed by atoms with Gasteiger partial charge in [0.05, 0.1) is 16.9 Å². The minimum Gasteiger partial charge on any atom is -0.435 e. The third-order valence-corrected chi connectivity index (χ3v) is 4.15. The van der Waals surface area contributed by atoms with Crippen LogP contribution in [0.5, 0.6) is 5.75 Å². The molecule has 1 aliphatic rings. The number of benzene rings is 1. The molecule has 8 nitrogen and oxygen atoms in total. The summed E-state index contributed by atoms with van der Waals surface area (Å²) in [6.45, 7) is 4.50. The third kappa shape index (κ3) is 4.61. The van der Waals surface area contributed by atoms with Gasteiger partial charge in [-0.05, 0) is 45.3 Å². The van der Waals surface area contributed by atoms with E-state index in [0.29, 0.717) is 5.46 Å². The molecule has 1 heterocycles. The number of nitrogens with zero attached hydrogens (tertiary/aromatic N) is 2. The highest BCUT2D eigenvalue weighted by Crippen LogP contribution is 2.37. The Kier molecular flexibility index (Phi) is 5.43. The zero-order valence-corrected chi connectivity index (χ0v) is 15.0. The zero-order chi connectivity index (χ0) is 19.7. The molecule has 1 aromatic carbocycles. The van der Waals surface area contributed by atoms with Gasteiger partial charge in [-0.2, -0.15) is 13.8 Å². The minimum absolute atomic E-state index is 0.122. The number of hydrogen-bond acceptors (Lipinski definition) is 4. The Balaban J connectivity index is 2.43. The highest BCUT2D eigenvalue weighted by molar-refractivity contribution is 6.62. The number of hydrogen-bond donors (Lipinski definition) is 3. The van der Waals surface area contributed by atoms with E-state index in [9.17, 15) is 8.78 Å². The van der Waals surface area contributed by atoms with E-state index in [1.165, 1.54) is 12.1 Å². The van der Waals surface area contributed by atoms with Crippen LogP contribution in [0.15, 0.2) is 28.2 Å². The second-order valence-electron chi connectivity index (χ2n) is 6.73. The maximum Gasteiger partial charge on any atom is 0.495 e. The van der Waals surface area contributed by atoms with Gasteiger partial charge in [0, 0.05) is 6.07 Å². The number of nitrogens with two attached hydrogens (primary N) is 3. The van der Waals surface area contributed by atoms with Crippen LogP contribution in [0.3, 0.4) is 0 Å². The first-order valence-electron chi connectivity index (χ1n) is 7.79. The van der Waals surface area contributed by atoms with Crippen LogP contribution in [0.1, 0.15) is 27.7 Å². The van der Waals surface area contributed by atoms with Gasteiger partial charge in [0.15, 0.2) is 5.96 Å². The Morgan fingerprint density at radius 1 is 1.08 bits per heavy atom. The van der Waals surface area contributed by atoms with Crippen molar-refractivity contribution in [2.24, 2.45) is 27.2 Å². The fourth-order valence-corrected chi connectivity index (χ4v) is 2.25. The van der Waals surface area contributed by atoms with E-state index in [0.717, 1.165) is 0 Å². The summed E-state index contributed by atoms with van der Waals surface area (Å²) < 4.78 is 41.6. The predicted octanol–water partition coefficient (Wildman–Crippen LogP) is 0.807. The van der Waals surface area contributed by atoms with Crippen molar-refractivity contribution in [3.8, 4) is 5.75 Å². The van der Waals surface area contributed by atoms with E-state index in [4.69, 9.17) is 26.5 Å². The molecule has 0 spiro atoms. The first kappa shape index (κ1) is 19.9. The molecule has 1 aliphatic heterocycles. The fourth-order valence-electron chi connectivity index (χ4n) is 2.25. The summed E-state index contributed by atoms with van der Waals surface area (Å²) in [7, 11) is -0.792. The maximum atomic E-state index is 12.6. The Bertz CT molecular complexity index is 720. The standard InChI is InChI=1S/C15H22BF2N5O3/c1-14(2)15(3,4)26-16(25-14)8-5-9(22-13(21)23-12(19)20)7-10(6-8)24-11(17)18/h5-7,11H,1-4H3,(H6,19,20,21,22,23). The smallest absolute Gasteiger partial charge is 0.435 e. The molecule has 0 amide bonds. The van der Waals surface area contributed by atoms with Crippen molar-refractivity contribution in [3.05, 3.63) is 18.2 Å². The molecule has 11 heteroatoms. The van der Waals surface area contributed by atoms with Gasteiger partial charge in [-0.3, -0.25) is 0 Å². The molecule has 0 atom stereocenters. The van der Waals surface area contributed by atoms with Crippen LogP contribution < -0.4 is 27.4 Å². The molecule has 0 aromatic heterocycles. The topological polar surface area (TPSA) is 130 Å². The van der Waals surface area contributed by atoms with Crippen molar-refractivity contribution in [1.82, 2.24) is 0 Å². The molecule has 0 aliphatic carbocycles. The summed E-state index contributed by atoms with van der Waals surface area (Å²) in [5.41, 5.74) is 15.5. The number of alkyl halides is 2. The van der Waals surface area contributed by atoms with Gasteiger partial charge in [0.1, 0.15) is 5.75 Å². The Labute approximate surface area is 150 Å². The Hall–Kier alpha value is -2.40. The lowest BCUT2D eigenvalue weighted by Gasteiger charge is -2.32. The van der Waals surface area contributed by atoms with Gasteiger partial charge < -0.3 is 31.2 Å². The van der Waals surface area contributed by atoms with E-state index in [-0.39, 0.29) is 23.4 Å². The molecule has 6 N–H and O–H groups in total. The van der Waals surface area contributed by atoms with Gasteiger partial charge in [0.25, 0.3) is 0 Å².